The van der Waals surface area contributed by atoms with Gasteiger partial charge in [-0.3, -0.25) is 19.2 Å². The van der Waals surface area contributed by atoms with Gasteiger partial charge in [-0.25, -0.2) is 29.3 Å². The van der Waals surface area contributed by atoms with Crippen LogP contribution in [0.1, 0.15) is 61.7 Å². The maximum absolute atomic E-state index is 12.6. The first-order valence-corrected chi connectivity index (χ1v) is 18.8. The molecule has 0 radical (unpaired) electrons. The zero-order valence-corrected chi connectivity index (χ0v) is 32.8. The number of Topliss-reactive ketones (excluding diaryl/α,β-unsaturated/α-hetero) is 1. The van der Waals surface area contributed by atoms with E-state index in [0.29, 0.717) is 16.5 Å². The number of phenols is 1. The van der Waals surface area contributed by atoms with Gasteiger partial charge >= 0.3 is 29.9 Å². The van der Waals surface area contributed by atoms with E-state index in [0.717, 1.165) is 0 Å². The molecule has 21 nitrogen and oxygen atoms in total. The van der Waals surface area contributed by atoms with Gasteiger partial charge in [-0.1, -0.05) is 6.07 Å². The number of rotatable bonds is 22. The molecule has 0 spiro atoms. The highest BCUT2D eigenvalue weighted by Crippen LogP contribution is 2.42. The van der Waals surface area contributed by atoms with Crippen LogP contribution in [0.3, 0.4) is 0 Å². The molecule has 22 heteroatoms. The number of hydrogen-bond donors (Lipinski definition) is 11. The van der Waals surface area contributed by atoms with Gasteiger partial charge in [-0.05, 0) is 73.4 Å². The molecule has 11 N–H and O–H groups in total. The monoisotopic (exact) mass is 867 g/mol. The van der Waals surface area contributed by atoms with Crippen LogP contribution < -0.4 is 32.0 Å². The van der Waals surface area contributed by atoms with Crippen molar-refractivity contribution >= 4 is 75.6 Å². The standard InChI is InChI=1S/C39H41N5O16S/c45-20(6-10-27(36(53)54)42-38(57)44-32(60-58)13-14-33(49)50)2-1-15-40-31(48)12-11-28(37(55)56)43-39(61)41-19-3-7-23(26(16-19)35(51)52)34-24-8-4-21(46)17-29(24)59-30-18-22(47)5-9-25(30)34/h3-5,7-9,16-18,27-28,32,46,58H,1-2,6,10-15H2,(H,40,48)(H,49,50)(H,51,52)(H,53,54)(H,55,56)(H2,41,43,61)(H2,42,44,57)/t27-,28-,32+/m0/s1. The number of fused-ring (bicyclic) bond motifs is 2. The molecule has 0 aromatic heterocycles. The van der Waals surface area contributed by atoms with Crippen LogP contribution in [0.25, 0.3) is 33.4 Å². The van der Waals surface area contributed by atoms with Crippen molar-refractivity contribution in [3.8, 4) is 28.2 Å². The highest BCUT2D eigenvalue weighted by molar-refractivity contribution is 7.80. The molecule has 2 aliphatic rings. The van der Waals surface area contributed by atoms with Crippen molar-refractivity contribution in [1.29, 1.82) is 0 Å². The summed E-state index contributed by atoms with van der Waals surface area (Å²) in [6.45, 7) is 0.0327. The molecule has 1 aliphatic carbocycles. The Balaban J connectivity index is 1.27. The van der Waals surface area contributed by atoms with E-state index in [-0.39, 0.29) is 102 Å². The predicted octanol–water partition coefficient (Wildman–Crippen LogP) is 3.17. The molecule has 0 unspecified atom stereocenters. The van der Waals surface area contributed by atoms with Crippen molar-refractivity contribution in [2.45, 2.75) is 69.7 Å². The lowest BCUT2D eigenvalue weighted by Crippen LogP contribution is -2.49. The molecule has 0 fully saturated rings. The van der Waals surface area contributed by atoms with Gasteiger partial charge in [0.1, 0.15) is 35.0 Å². The Morgan fingerprint density at radius 1 is 0.754 bits per heavy atom. The third-order valence-electron chi connectivity index (χ3n) is 9.03. The molecule has 3 amide bonds. The highest BCUT2D eigenvalue weighted by Gasteiger charge is 2.25. The summed E-state index contributed by atoms with van der Waals surface area (Å²) in [6.07, 6.45) is -3.11. The Kier molecular flexibility index (Phi) is 16.6. The highest BCUT2D eigenvalue weighted by atomic mass is 32.1. The second kappa shape index (κ2) is 21.7. The second-order valence-corrected chi connectivity index (χ2v) is 13.9. The number of thiocarbonyl (C=S) groups is 1. The van der Waals surface area contributed by atoms with Gasteiger partial charge in [-0.2, -0.15) is 0 Å². The van der Waals surface area contributed by atoms with Crippen molar-refractivity contribution in [1.82, 2.24) is 21.3 Å². The smallest absolute Gasteiger partial charge is 0.336 e. The zero-order valence-electron chi connectivity index (χ0n) is 32.0. The molecule has 1 heterocycles. The minimum absolute atomic E-state index is 0.0327. The lowest BCUT2D eigenvalue weighted by molar-refractivity contribution is -0.284. The molecule has 2 aromatic carbocycles. The maximum Gasteiger partial charge on any atom is 0.336 e. The average molecular weight is 868 g/mol. The molecular formula is C39H41N5O16S. The van der Waals surface area contributed by atoms with E-state index in [4.69, 9.17) is 27.0 Å². The van der Waals surface area contributed by atoms with Crippen LogP contribution in [0.2, 0.25) is 0 Å². The first kappa shape index (κ1) is 46.5. The fourth-order valence-electron chi connectivity index (χ4n) is 6.07. The van der Waals surface area contributed by atoms with Crippen LogP contribution in [-0.2, 0) is 28.9 Å². The van der Waals surface area contributed by atoms with Crippen molar-refractivity contribution in [2.24, 2.45) is 0 Å². The van der Waals surface area contributed by atoms with Crippen LogP contribution in [0.5, 0.6) is 5.75 Å². The van der Waals surface area contributed by atoms with E-state index < -0.39 is 60.5 Å². The summed E-state index contributed by atoms with van der Waals surface area (Å²) in [4.78, 5) is 99.8. The number of phenolic OH excluding ortho intramolecular Hbond substituents is 1. The summed E-state index contributed by atoms with van der Waals surface area (Å²) in [5.74, 6) is -6.19. The lowest BCUT2D eigenvalue weighted by atomic mass is 9.90. The van der Waals surface area contributed by atoms with E-state index >= 15 is 0 Å². The Morgan fingerprint density at radius 2 is 1.44 bits per heavy atom. The quantitative estimate of drug-likeness (QED) is 0.0135. The number of anilines is 1. The number of carbonyl (C=O) groups excluding carboxylic acids is 3. The van der Waals surface area contributed by atoms with Gasteiger partial charge in [0.2, 0.25) is 5.91 Å². The molecule has 4 rings (SSSR count). The number of benzene rings is 3. The van der Waals surface area contributed by atoms with Gasteiger partial charge in [-0.15, -0.1) is 0 Å². The summed E-state index contributed by atoms with van der Waals surface area (Å²) in [5.41, 5.74) is 0.945. The third-order valence-corrected chi connectivity index (χ3v) is 9.25. The summed E-state index contributed by atoms with van der Waals surface area (Å²) in [6, 6.07) is 8.71. The van der Waals surface area contributed by atoms with Crippen molar-refractivity contribution in [3.63, 3.8) is 0 Å². The molecule has 2 aromatic rings. The van der Waals surface area contributed by atoms with Crippen LogP contribution in [-0.4, -0.2) is 102 Å². The van der Waals surface area contributed by atoms with Crippen LogP contribution >= 0.6 is 12.2 Å². The minimum Gasteiger partial charge on any atom is -0.508 e. The van der Waals surface area contributed by atoms with Gasteiger partial charge in [0.05, 0.1) is 5.56 Å². The van der Waals surface area contributed by atoms with Crippen LogP contribution in [0, 0.1) is 0 Å². The fraction of sp³-hybridized carbons (Fsp3) is 0.308. The topological polar surface area (TPSA) is 340 Å². The number of hydrogen-bond acceptors (Lipinski definition) is 13. The molecule has 3 atom stereocenters. The fourth-order valence-corrected chi connectivity index (χ4v) is 6.33. The first-order chi connectivity index (χ1) is 28.9. The second-order valence-electron chi connectivity index (χ2n) is 13.5. The molecule has 61 heavy (non-hydrogen) atoms. The normalized spacial score (nSPS) is 12.4. The number of ketones is 1. The lowest BCUT2D eigenvalue weighted by Gasteiger charge is -2.19. The number of urea groups is 1. The number of nitrogens with one attached hydrogen (secondary N) is 5. The van der Waals surface area contributed by atoms with Gasteiger partial charge in [0.15, 0.2) is 16.8 Å². The van der Waals surface area contributed by atoms with Gasteiger partial charge in [0, 0.05) is 73.0 Å². The maximum atomic E-state index is 12.6. The SMILES string of the molecule is O=C(O)CC[C@H](NC(=O)N[C@@H](CCC(=O)CCCNC(=O)CC[C@H](NC(=S)Nc1ccc(-c2c3ccc(=O)cc-3oc3cc(O)ccc23)c(C(=O)O)c1)C(=O)O)C(=O)O)OO. The van der Waals surface area contributed by atoms with Gasteiger partial charge < -0.3 is 56.5 Å². The van der Waals surface area contributed by atoms with Crippen molar-refractivity contribution in [3.05, 3.63) is 70.4 Å². The summed E-state index contributed by atoms with van der Waals surface area (Å²) in [7, 11) is 0. The molecule has 324 valence electrons. The molecule has 0 bridgehead atoms. The van der Waals surface area contributed by atoms with E-state index in [9.17, 15) is 58.8 Å². The number of aromatic hydroxyl groups is 1. The van der Waals surface area contributed by atoms with Crippen LogP contribution in [0.15, 0.2) is 63.8 Å². The number of amides is 3. The molecule has 1 aliphatic heterocycles. The summed E-state index contributed by atoms with van der Waals surface area (Å²) < 4.78 is 5.84. The number of aliphatic carboxylic acids is 3. The van der Waals surface area contributed by atoms with Crippen molar-refractivity contribution in [2.75, 3.05) is 11.9 Å². The third kappa shape index (κ3) is 13.7. The first-order valence-electron chi connectivity index (χ1n) is 18.4. The van der Waals surface area contributed by atoms with E-state index in [2.05, 4.69) is 31.5 Å². The largest absolute Gasteiger partial charge is 0.508 e. The number of carboxylic acid groups (broad SMARTS) is 4. The minimum atomic E-state index is -1.50. The Bertz CT molecular complexity index is 2350. The number of carbonyl (C=O) groups is 7. The van der Waals surface area contributed by atoms with E-state index in [1.165, 1.54) is 48.5 Å². The number of aromatic carboxylic acids is 1. The van der Waals surface area contributed by atoms with Gasteiger partial charge in [0.25, 0.3) is 0 Å². The number of carboxylic acids is 4. The summed E-state index contributed by atoms with van der Waals surface area (Å²) in [5, 5.41) is 69.3. The summed E-state index contributed by atoms with van der Waals surface area (Å²) >= 11 is 5.30. The molecular weight excluding hydrogens is 827 g/mol. The average Bonchev–Trinajstić information content (AvgIpc) is 3.19. The van der Waals surface area contributed by atoms with Crippen LogP contribution in [0.4, 0.5) is 10.5 Å². The zero-order chi connectivity index (χ0) is 44.8. The Morgan fingerprint density at radius 3 is 2.11 bits per heavy atom. The van der Waals surface area contributed by atoms with E-state index in [1.54, 1.807) is 6.07 Å². The van der Waals surface area contributed by atoms with Crippen molar-refractivity contribution < 1.29 is 73.7 Å². The Labute approximate surface area is 350 Å². The van der Waals surface area contributed by atoms with E-state index in [1.807, 2.05) is 0 Å². The predicted molar refractivity (Wildman–Crippen MR) is 217 cm³/mol. The molecule has 0 saturated carbocycles. The molecule has 0 saturated heterocycles. The Hall–Kier alpha value is -7.17.